The first kappa shape index (κ1) is 12.9. The van der Waals surface area contributed by atoms with Gasteiger partial charge in [0.05, 0.1) is 5.52 Å². The molecule has 0 aliphatic carbocycles. The van der Waals surface area contributed by atoms with Crippen molar-refractivity contribution < 1.29 is 0 Å². The normalized spacial score (nSPS) is 11.2. The van der Waals surface area contributed by atoms with Crippen LogP contribution in [0.4, 0.5) is 5.82 Å². The summed E-state index contributed by atoms with van der Waals surface area (Å²) in [4.78, 5) is 7.02. The fourth-order valence-corrected chi connectivity index (χ4v) is 2.22. The third kappa shape index (κ3) is 2.47. The molecule has 0 aliphatic rings. The summed E-state index contributed by atoms with van der Waals surface area (Å²) in [6, 6.07) is 10.9. The molecule has 96 valence electrons. The summed E-state index contributed by atoms with van der Waals surface area (Å²) >= 11 is 0. The number of benzene rings is 1. The molecule has 0 unspecified atom stereocenters. The smallest absolute Gasteiger partial charge is 0.129 e. The van der Waals surface area contributed by atoms with E-state index in [9.17, 15) is 0 Å². The molecule has 0 spiro atoms. The number of pyridine rings is 1. The highest BCUT2D eigenvalue weighted by Crippen LogP contribution is 2.22. The summed E-state index contributed by atoms with van der Waals surface area (Å²) in [5.41, 5.74) is 2.46. The molecule has 2 rings (SSSR count). The van der Waals surface area contributed by atoms with Crippen LogP contribution in [-0.2, 0) is 0 Å². The monoisotopic (exact) mass is 242 g/mol. The van der Waals surface area contributed by atoms with Crippen LogP contribution in [0.5, 0.6) is 0 Å². The van der Waals surface area contributed by atoms with Gasteiger partial charge in [0.1, 0.15) is 5.82 Å². The Morgan fingerprint density at radius 1 is 1.06 bits per heavy atom. The Morgan fingerprint density at radius 2 is 1.78 bits per heavy atom. The lowest BCUT2D eigenvalue weighted by Gasteiger charge is -2.20. The maximum Gasteiger partial charge on any atom is 0.129 e. The second-order valence-corrected chi connectivity index (χ2v) is 4.95. The molecule has 0 aliphatic heterocycles. The van der Waals surface area contributed by atoms with E-state index < -0.39 is 0 Å². The molecule has 0 atom stereocenters. The molecular formula is C16H22N2. The molecule has 0 bridgehead atoms. The van der Waals surface area contributed by atoms with Gasteiger partial charge in [0.2, 0.25) is 0 Å². The minimum atomic E-state index is 0.567. The van der Waals surface area contributed by atoms with Crippen molar-refractivity contribution in [1.82, 2.24) is 4.98 Å². The molecule has 1 heterocycles. The van der Waals surface area contributed by atoms with Crippen LogP contribution in [0.3, 0.4) is 0 Å². The molecule has 0 saturated heterocycles. The summed E-state index contributed by atoms with van der Waals surface area (Å²) in [6.45, 7) is 10.8. The van der Waals surface area contributed by atoms with E-state index in [1.165, 1.54) is 10.9 Å². The van der Waals surface area contributed by atoms with Crippen LogP contribution >= 0.6 is 0 Å². The molecule has 0 N–H and O–H groups in total. The number of anilines is 1. The Balaban J connectivity index is 2.44. The lowest BCUT2D eigenvalue weighted by molar-refractivity contribution is 0.849. The number of aromatic nitrogens is 1. The summed E-state index contributed by atoms with van der Waals surface area (Å²) in [5.74, 6) is 1.64. The van der Waals surface area contributed by atoms with Gasteiger partial charge >= 0.3 is 0 Å². The average Bonchev–Trinajstić information content (AvgIpc) is 2.39. The van der Waals surface area contributed by atoms with E-state index >= 15 is 0 Å². The highest BCUT2D eigenvalue weighted by atomic mass is 15.2. The first-order valence-electron chi connectivity index (χ1n) is 6.81. The SMILES string of the molecule is CCN(CC)c1ccc2cc(C(C)C)ccc2n1. The van der Waals surface area contributed by atoms with Crippen molar-refractivity contribution in [3.63, 3.8) is 0 Å². The van der Waals surface area contributed by atoms with Gasteiger partial charge in [0.25, 0.3) is 0 Å². The topological polar surface area (TPSA) is 16.1 Å². The van der Waals surface area contributed by atoms with E-state index in [-0.39, 0.29) is 0 Å². The summed E-state index contributed by atoms with van der Waals surface area (Å²) in [6.07, 6.45) is 0. The Kier molecular flexibility index (Phi) is 3.85. The van der Waals surface area contributed by atoms with Crippen molar-refractivity contribution in [2.24, 2.45) is 0 Å². The number of fused-ring (bicyclic) bond motifs is 1. The van der Waals surface area contributed by atoms with Gasteiger partial charge in [-0.05, 0) is 49.6 Å². The summed E-state index contributed by atoms with van der Waals surface area (Å²) in [7, 11) is 0. The Morgan fingerprint density at radius 3 is 2.39 bits per heavy atom. The van der Waals surface area contributed by atoms with Gasteiger partial charge in [0, 0.05) is 18.5 Å². The van der Waals surface area contributed by atoms with Crippen LogP contribution in [-0.4, -0.2) is 18.1 Å². The molecule has 2 nitrogen and oxygen atoms in total. The van der Waals surface area contributed by atoms with Crippen LogP contribution in [0.1, 0.15) is 39.2 Å². The Bertz CT molecular complexity index is 528. The lowest BCUT2D eigenvalue weighted by Crippen LogP contribution is -2.22. The highest BCUT2D eigenvalue weighted by molar-refractivity contribution is 5.81. The molecule has 0 fully saturated rings. The highest BCUT2D eigenvalue weighted by Gasteiger charge is 2.06. The quantitative estimate of drug-likeness (QED) is 0.798. The number of hydrogen-bond acceptors (Lipinski definition) is 2. The zero-order chi connectivity index (χ0) is 13.1. The first-order chi connectivity index (χ1) is 8.65. The second-order valence-electron chi connectivity index (χ2n) is 4.95. The van der Waals surface area contributed by atoms with Gasteiger partial charge < -0.3 is 4.90 Å². The first-order valence-corrected chi connectivity index (χ1v) is 6.81. The molecule has 18 heavy (non-hydrogen) atoms. The van der Waals surface area contributed by atoms with Crippen LogP contribution in [0, 0.1) is 0 Å². The van der Waals surface area contributed by atoms with E-state index in [2.05, 4.69) is 62.9 Å². The van der Waals surface area contributed by atoms with Gasteiger partial charge in [0.15, 0.2) is 0 Å². The number of rotatable bonds is 4. The molecule has 2 aromatic rings. The van der Waals surface area contributed by atoms with Crippen LogP contribution in [0.25, 0.3) is 10.9 Å². The van der Waals surface area contributed by atoms with E-state index in [0.29, 0.717) is 5.92 Å². The lowest BCUT2D eigenvalue weighted by atomic mass is 10.0. The van der Waals surface area contributed by atoms with Crippen molar-refractivity contribution in [3.05, 3.63) is 35.9 Å². The fraction of sp³-hybridized carbons (Fsp3) is 0.438. The zero-order valence-electron chi connectivity index (χ0n) is 11.8. The third-order valence-electron chi connectivity index (χ3n) is 3.45. The maximum absolute atomic E-state index is 4.74. The molecule has 0 amide bonds. The minimum Gasteiger partial charge on any atom is -0.357 e. The van der Waals surface area contributed by atoms with E-state index in [1.807, 2.05) is 0 Å². The van der Waals surface area contributed by atoms with Gasteiger partial charge in [-0.2, -0.15) is 0 Å². The maximum atomic E-state index is 4.74. The number of nitrogens with zero attached hydrogens (tertiary/aromatic N) is 2. The minimum absolute atomic E-state index is 0.567. The van der Waals surface area contributed by atoms with Crippen LogP contribution in [0.15, 0.2) is 30.3 Å². The number of hydrogen-bond donors (Lipinski definition) is 0. The molecular weight excluding hydrogens is 220 g/mol. The summed E-state index contributed by atoms with van der Waals surface area (Å²) in [5, 5.41) is 1.23. The average molecular weight is 242 g/mol. The Hall–Kier alpha value is -1.57. The van der Waals surface area contributed by atoms with Gasteiger partial charge in [-0.1, -0.05) is 19.9 Å². The van der Waals surface area contributed by atoms with Crippen molar-refractivity contribution in [3.8, 4) is 0 Å². The molecule has 1 aromatic heterocycles. The van der Waals surface area contributed by atoms with Crippen LogP contribution < -0.4 is 4.90 Å². The van der Waals surface area contributed by atoms with Gasteiger partial charge in [-0.15, -0.1) is 0 Å². The van der Waals surface area contributed by atoms with Crippen molar-refractivity contribution in [2.75, 3.05) is 18.0 Å². The van der Waals surface area contributed by atoms with Crippen molar-refractivity contribution in [2.45, 2.75) is 33.6 Å². The largest absolute Gasteiger partial charge is 0.357 e. The molecule has 1 aromatic carbocycles. The zero-order valence-corrected chi connectivity index (χ0v) is 11.8. The van der Waals surface area contributed by atoms with Crippen molar-refractivity contribution >= 4 is 16.7 Å². The molecule has 2 heteroatoms. The fourth-order valence-electron chi connectivity index (χ4n) is 2.22. The van der Waals surface area contributed by atoms with E-state index in [1.54, 1.807) is 0 Å². The second kappa shape index (κ2) is 5.38. The van der Waals surface area contributed by atoms with Crippen molar-refractivity contribution in [1.29, 1.82) is 0 Å². The van der Waals surface area contributed by atoms with E-state index in [4.69, 9.17) is 4.98 Å². The molecule has 0 radical (unpaired) electrons. The van der Waals surface area contributed by atoms with Gasteiger partial charge in [-0.25, -0.2) is 4.98 Å². The predicted molar refractivity (Wildman–Crippen MR) is 79.4 cm³/mol. The van der Waals surface area contributed by atoms with E-state index in [0.717, 1.165) is 24.4 Å². The van der Waals surface area contributed by atoms with Gasteiger partial charge in [-0.3, -0.25) is 0 Å². The summed E-state index contributed by atoms with van der Waals surface area (Å²) < 4.78 is 0. The molecule has 0 saturated carbocycles. The Labute approximate surface area is 110 Å². The third-order valence-corrected chi connectivity index (χ3v) is 3.45. The van der Waals surface area contributed by atoms with Crippen LogP contribution in [0.2, 0.25) is 0 Å². The standard InChI is InChI=1S/C16H22N2/c1-5-18(6-2)16-10-8-14-11-13(12(3)4)7-9-15(14)17-16/h7-12H,5-6H2,1-4H3. The predicted octanol–water partition coefficient (Wildman–Crippen LogP) is 4.20.